The van der Waals surface area contributed by atoms with E-state index in [2.05, 4.69) is 4.58 Å². The van der Waals surface area contributed by atoms with E-state index in [0.29, 0.717) is 78.9 Å². The predicted molar refractivity (Wildman–Crippen MR) is 262 cm³/mol. The summed E-state index contributed by atoms with van der Waals surface area (Å²) < 4.78 is 114. The number of aliphatic carboxylic acids is 2. The Morgan fingerprint density at radius 1 is 0.803 bits per heavy atom. The lowest BCUT2D eigenvalue weighted by atomic mass is 9.69. The van der Waals surface area contributed by atoms with Crippen molar-refractivity contribution in [2.45, 2.75) is 74.8 Å². The summed E-state index contributed by atoms with van der Waals surface area (Å²) in [6.45, 7) is 11.4. The van der Waals surface area contributed by atoms with Gasteiger partial charge in [-0.1, -0.05) is 69.7 Å². The van der Waals surface area contributed by atoms with Crippen LogP contribution in [0.25, 0.3) is 10.8 Å². The lowest BCUT2D eigenvalue weighted by molar-refractivity contribution is -0.537. The first kappa shape index (κ1) is 51.2. The van der Waals surface area contributed by atoms with Gasteiger partial charge in [-0.15, -0.1) is 0 Å². The van der Waals surface area contributed by atoms with Crippen LogP contribution in [-0.2, 0) is 50.1 Å². The van der Waals surface area contributed by atoms with Gasteiger partial charge in [0, 0.05) is 56.1 Å². The molecule has 6 aliphatic rings. The number of nitrogens with zero attached hydrogens (tertiary/aromatic N) is 4. The van der Waals surface area contributed by atoms with Gasteiger partial charge >= 0.3 is 18.0 Å². The zero-order valence-corrected chi connectivity index (χ0v) is 42.2. The van der Waals surface area contributed by atoms with Crippen molar-refractivity contribution < 1.29 is 72.8 Å². The van der Waals surface area contributed by atoms with E-state index in [1.165, 1.54) is 23.1 Å². The first-order chi connectivity index (χ1) is 33.0. The fourth-order valence-electron chi connectivity index (χ4n) is 11.2. The quantitative estimate of drug-likeness (QED) is 0.138. The van der Waals surface area contributed by atoms with Crippen molar-refractivity contribution in [3.05, 3.63) is 123 Å². The number of fused-ring (bicyclic) bond motifs is 5. The van der Waals surface area contributed by atoms with Crippen LogP contribution in [-0.4, -0.2) is 138 Å². The fourth-order valence-corrected chi connectivity index (χ4v) is 13.6. The largest absolute Gasteiger partial charge is 0.480 e. The predicted octanol–water partition coefficient (Wildman–Crippen LogP) is 5.86. The third-order valence-corrected chi connectivity index (χ3v) is 16.9. The molecule has 0 radical (unpaired) electrons. The van der Waals surface area contributed by atoms with Gasteiger partial charge in [-0.2, -0.15) is 25.3 Å². The van der Waals surface area contributed by atoms with Crippen molar-refractivity contribution in [3.8, 4) is 0 Å². The second-order valence-corrected chi connectivity index (χ2v) is 23.7. The van der Waals surface area contributed by atoms with Crippen LogP contribution in [0.1, 0.15) is 59.9 Å². The highest BCUT2D eigenvalue weighted by Gasteiger charge is 2.51. The summed E-state index contributed by atoms with van der Waals surface area (Å²) in [5.41, 5.74) is 4.39. The van der Waals surface area contributed by atoms with E-state index in [4.69, 9.17) is 4.74 Å². The van der Waals surface area contributed by atoms with Gasteiger partial charge in [-0.3, -0.25) is 28.1 Å². The van der Waals surface area contributed by atoms with Crippen LogP contribution in [0, 0.1) is 11.3 Å². The maximum Gasteiger partial charge on any atom is 0.410 e. The Kier molecular flexibility index (Phi) is 13.1. The van der Waals surface area contributed by atoms with Gasteiger partial charge in [0.05, 0.1) is 24.6 Å². The van der Waals surface area contributed by atoms with Crippen LogP contribution in [0.3, 0.4) is 0 Å². The third-order valence-electron chi connectivity index (χ3n) is 14.1. The highest BCUT2D eigenvalue weighted by molar-refractivity contribution is 7.87. The highest BCUT2D eigenvalue weighted by Crippen LogP contribution is 2.56. The van der Waals surface area contributed by atoms with Gasteiger partial charge < -0.3 is 24.7 Å². The molecule has 3 aliphatic heterocycles. The zero-order valence-electron chi connectivity index (χ0n) is 39.8. The maximum absolute atomic E-state index is 12.9. The van der Waals surface area contributed by atoms with Crippen molar-refractivity contribution in [1.82, 2.24) is 9.80 Å². The highest BCUT2D eigenvalue weighted by atomic mass is 32.2. The Morgan fingerprint density at radius 3 is 1.94 bits per heavy atom. The molecular formula is C49H55N4O15S3+. The van der Waals surface area contributed by atoms with Gasteiger partial charge in [0.2, 0.25) is 5.71 Å². The maximum atomic E-state index is 12.9. The van der Waals surface area contributed by atoms with E-state index in [-0.39, 0.29) is 28.6 Å². The molecule has 2 aromatic rings. The number of benzene rings is 2. The summed E-state index contributed by atoms with van der Waals surface area (Å²) in [5, 5.41) is 19.1. The molecule has 22 heteroatoms. The van der Waals surface area contributed by atoms with E-state index in [0.717, 1.165) is 22.9 Å². The average molecular weight is 1040 g/mol. The van der Waals surface area contributed by atoms with E-state index < -0.39 is 93.3 Å². The normalized spacial score (nSPS) is 24.3. The van der Waals surface area contributed by atoms with E-state index in [1.54, 1.807) is 55.7 Å². The van der Waals surface area contributed by atoms with Crippen molar-refractivity contribution in [3.63, 3.8) is 0 Å². The van der Waals surface area contributed by atoms with E-state index >= 15 is 0 Å². The van der Waals surface area contributed by atoms with Crippen LogP contribution in [0.15, 0.2) is 128 Å². The molecule has 5 N–H and O–H groups in total. The van der Waals surface area contributed by atoms with Crippen molar-refractivity contribution in [2.24, 2.45) is 11.3 Å². The topological polar surface area (TPSA) is 277 Å². The zero-order chi connectivity index (χ0) is 51.9. The average Bonchev–Trinajstić information content (AvgIpc) is 3.83. The van der Waals surface area contributed by atoms with Gasteiger partial charge in [0.15, 0.2) is 13.1 Å². The summed E-state index contributed by atoms with van der Waals surface area (Å²) >= 11 is 0. The van der Waals surface area contributed by atoms with Crippen LogP contribution < -0.4 is 4.90 Å². The van der Waals surface area contributed by atoms with Crippen LogP contribution in [0.2, 0.25) is 0 Å². The first-order valence-electron chi connectivity index (χ1n) is 22.8. The minimum absolute atomic E-state index is 0.0481. The summed E-state index contributed by atoms with van der Waals surface area (Å²) in [7, 11) is -14.7. The monoisotopic (exact) mass is 1040 g/mol. The fraction of sp³-hybridized carbons (Fsp3) is 0.388. The van der Waals surface area contributed by atoms with Gasteiger partial charge in [-0.25, -0.2) is 9.37 Å². The Balaban J connectivity index is 1.27. The van der Waals surface area contributed by atoms with Crippen molar-refractivity contribution in [2.75, 3.05) is 50.8 Å². The lowest BCUT2D eigenvalue weighted by Crippen LogP contribution is -2.47. The molecule has 1 saturated carbocycles. The third kappa shape index (κ3) is 9.32. The lowest BCUT2D eigenvalue weighted by Gasteiger charge is -2.36. The van der Waals surface area contributed by atoms with Crippen molar-refractivity contribution >= 4 is 70.6 Å². The summed E-state index contributed by atoms with van der Waals surface area (Å²) in [6.07, 6.45) is 14.8. The van der Waals surface area contributed by atoms with Gasteiger partial charge in [-0.05, 0) is 85.2 Å². The molecule has 378 valence electrons. The summed E-state index contributed by atoms with van der Waals surface area (Å²) in [4.78, 5) is 41.0. The molecule has 71 heavy (non-hydrogen) atoms. The van der Waals surface area contributed by atoms with E-state index in [9.17, 15) is 63.5 Å². The molecule has 1 amide bonds. The molecule has 19 nitrogen and oxygen atoms in total. The van der Waals surface area contributed by atoms with Crippen LogP contribution in [0.5, 0.6) is 0 Å². The molecule has 2 aromatic carbocycles. The first-order valence-corrected chi connectivity index (χ1v) is 27.1. The van der Waals surface area contributed by atoms with Crippen molar-refractivity contribution in [1.29, 1.82) is 0 Å². The molecule has 0 aromatic heterocycles. The number of piperazine rings is 1. The van der Waals surface area contributed by atoms with Crippen LogP contribution >= 0.6 is 0 Å². The second-order valence-electron chi connectivity index (χ2n) is 19.3. The molecule has 3 aliphatic carbocycles. The second kappa shape index (κ2) is 18.1. The number of hydrogen-bond donors (Lipinski definition) is 5. The number of rotatable bonds is 10. The number of allylic oxidation sites excluding steroid dienone is 13. The minimum atomic E-state index is -5.13. The molecule has 2 fully saturated rings. The molecule has 2 atom stereocenters. The van der Waals surface area contributed by atoms with Gasteiger partial charge in [0.25, 0.3) is 30.4 Å². The standard InChI is InChI=1S/C49H54N4O15S3/c1-7-68-47(58)51-20-18-50(19-21-51)46-29(12-16-38-48(3,4)44-34(52(38)26-40(54)55)14-10-31-22-28(2)23-36(42(31)44)70(62,63)64)8-9-30(46)13-17-39-49(5,6)45-35(53(39)27-41(56)57)15-11-32-24-33(69(59,60)61)25-37(43(32)45)71(65,66)67/h10-17,22-25,36,42H,7-9,18-21,26-27H2,1-6H3,(H4-,54,55,56,57,59,60,61,62,63,64,65,66,67)/p+1. The smallest absolute Gasteiger partial charge is 0.410 e. The minimum Gasteiger partial charge on any atom is -0.480 e. The molecule has 8 rings (SSSR count). The molecule has 0 spiro atoms. The number of anilines is 1. The number of hydrogen-bond acceptors (Lipinski definition) is 12. The number of amides is 1. The summed E-state index contributed by atoms with van der Waals surface area (Å²) in [5.74, 6) is -3.15. The number of carboxylic acids is 2. The Morgan fingerprint density at radius 2 is 1.39 bits per heavy atom. The van der Waals surface area contributed by atoms with Crippen LogP contribution in [0.4, 0.5) is 10.5 Å². The number of carboxylic acid groups (broad SMARTS) is 2. The number of ether oxygens (including phenoxy) is 1. The van der Waals surface area contributed by atoms with E-state index in [1.807, 2.05) is 38.2 Å². The Bertz CT molecular complexity index is 3360. The molecule has 2 unspecified atom stereocenters. The number of carbonyl (C=O) groups excluding carboxylic acids is 1. The Labute approximate surface area is 411 Å². The number of carbonyl (C=O) groups is 3. The Hall–Kier alpha value is -6.17. The SMILES string of the molecule is CCOC(=O)N1CC[N+](=C2/C(=C/C=C3\N(CC(=O)O)c4ccc5cc(S(=O)(=O)O)cc(S(=O)(=O)O)c5c4C3(C)C)CC/C2=C\C=C2\N(CC(=O)O)C3=C(C4C(=CC(C)=CC4S(=O)(=O)O)C=C3)C2(C)C)CC1. The molecule has 3 heterocycles. The molecule has 0 bridgehead atoms. The molecule has 1 saturated heterocycles. The van der Waals surface area contributed by atoms with Gasteiger partial charge in [0.1, 0.15) is 23.2 Å². The molecular weight excluding hydrogens is 981 g/mol. The summed E-state index contributed by atoms with van der Waals surface area (Å²) in [6, 6.07) is 4.64.